The molecule has 0 fully saturated rings. The quantitative estimate of drug-likeness (QED) is 0.386. The van der Waals surface area contributed by atoms with Gasteiger partial charge in [0.05, 0.1) is 10.5 Å². The number of nitro groups is 1. The minimum absolute atomic E-state index is 0.122. The molecule has 0 aliphatic carbocycles. The molecule has 1 unspecified atom stereocenters. The summed E-state index contributed by atoms with van der Waals surface area (Å²) >= 11 is 0. The smallest absolute Gasteiger partial charge is 0.282 e. The van der Waals surface area contributed by atoms with Crippen molar-refractivity contribution in [1.82, 2.24) is 10.2 Å². The number of fused-ring (bicyclic) bond motifs is 1. The highest BCUT2D eigenvalue weighted by Crippen LogP contribution is 2.32. The van der Waals surface area contributed by atoms with Gasteiger partial charge in [0.1, 0.15) is 17.4 Å². The first kappa shape index (κ1) is 21.4. The fourth-order valence-electron chi connectivity index (χ4n) is 3.04. The van der Waals surface area contributed by atoms with Crippen LogP contribution in [-0.4, -0.2) is 53.1 Å². The molecular weight excluding hydrogens is 408 g/mol. The van der Waals surface area contributed by atoms with E-state index in [0.717, 1.165) is 6.07 Å². The molecule has 11 nitrogen and oxygen atoms in total. The van der Waals surface area contributed by atoms with Gasteiger partial charge in [-0.1, -0.05) is 12.1 Å². The van der Waals surface area contributed by atoms with Crippen LogP contribution in [0.25, 0.3) is 0 Å². The average molecular weight is 426 g/mol. The van der Waals surface area contributed by atoms with E-state index < -0.39 is 34.4 Å². The summed E-state index contributed by atoms with van der Waals surface area (Å²) in [7, 11) is 1.47. The highest BCUT2D eigenvalue weighted by atomic mass is 16.6. The van der Waals surface area contributed by atoms with Crippen molar-refractivity contribution in [3.63, 3.8) is 0 Å². The number of likely N-dealkylation sites (N-methyl/N-ethyl adjacent to an activating group) is 1. The Morgan fingerprint density at radius 1 is 1.16 bits per heavy atom. The van der Waals surface area contributed by atoms with Gasteiger partial charge < -0.3 is 15.4 Å². The summed E-state index contributed by atoms with van der Waals surface area (Å²) in [5, 5.41) is 16.2. The number of carbonyl (C=O) groups is 4. The molecule has 2 aromatic rings. The predicted octanol–water partition coefficient (Wildman–Crippen LogP) is 1.34. The molecule has 3 rings (SSSR count). The fraction of sp³-hybridized carbons (Fsp3) is 0.200. The number of hydrogen-bond donors (Lipinski definition) is 2. The number of hydrogen-bond acceptors (Lipinski definition) is 7. The van der Waals surface area contributed by atoms with Crippen molar-refractivity contribution < 1.29 is 28.8 Å². The summed E-state index contributed by atoms with van der Waals surface area (Å²) in [6.45, 7) is 1.13. The van der Waals surface area contributed by atoms with E-state index in [9.17, 15) is 29.3 Å². The van der Waals surface area contributed by atoms with Gasteiger partial charge >= 0.3 is 0 Å². The Bertz CT molecular complexity index is 1100. The van der Waals surface area contributed by atoms with Crippen LogP contribution in [0.5, 0.6) is 5.75 Å². The van der Waals surface area contributed by atoms with Gasteiger partial charge in [0.25, 0.3) is 23.4 Å². The Morgan fingerprint density at radius 2 is 1.87 bits per heavy atom. The lowest BCUT2D eigenvalue weighted by Gasteiger charge is -2.21. The number of carbonyl (C=O) groups excluding carboxylic acids is 4. The van der Waals surface area contributed by atoms with Gasteiger partial charge in [0, 0.05) is 24.9 Å². The molecule has 0 saturated heterocycles. The van der Waals surface area contributed by atoms with Crippen molar-refractivity contribution in [2.45, 2.75) is 13.0 Å². The largest absolute Gasteiger partial charge is 0.484 e. The topological polar surface area (TPSA) is 148 Å². The minimum atomic E-state index is -1.23. The van der Waals surface area contributed by atoms with Gasteiger partial charge in [0.15, 0.2) is 6.61 Å². The molecule has 2 N–H and O–H groups in total. The lowest BCUT2D eigenvalue weighted by atomic mass is 10.1. The molecule has 0 saturated carbocycles. The molecule has 31 heavy (non-hydrogen) atoms. The molecule has 0 bridgehead atoms. The number of nitrogens with one attached hydrogen (secondary N) is 2. The van der Waals surface area contributed by atoms with Crippen LogP contribution < -0.4 is 15.4 Å². The molecular formula is C20H18N4O7. The van der Waals surface area contributed by atoms with Crippen LogP contribution in [0.15, 0.2) is 42.5 Å². The van der Waals surface area contributed by atoms with Crippen molar-refractivity contribution in [3.05, 3.63) is 63.7 Å². The number of nitro benzene ring substituents is 1. The summed E-state index contributed by atoms with van der Waals surface area (Å²) in [5.74, 6) is -2.37. The van der Waals surface area contributed by atoms with Crippen LogP contribution in [0.2, 0.25) is 0 Å². The number of amides is 4. The summed E-state index contributed by atoms with van der Waals surface area (Å²) < 4.78 is 5.31. The predicted molar refractivity (Wildman–Crippen MR) is 108 cm³/mol. The van der Waals surface area contributed by atoms with E-state index >= 15 is 0 Å². The maximum Gasteiger partial charge on any atom is 0.282 e. The molecule has 4 amide bonds. The van der Waals surface area contributed by atoms with E-state index in [1.807, 2.05) is 0 Å². The van der Waals surface area contributed by atoms with E-state index in [-0.39, 0.29) is 23.6 Å². The first-order valence-electron chi connectivity index (χ1n) is 9.14. The van der Waals surface area contributed by atoms with E-state index in [4.69, 9.17) is 4.74 Å². The molecule has 0 radical (unpaired) electrons. The van der Waals surface area contributed by atoms with Crippen LogP contribution in [-0.2, 0) is 9.59 Å². The summed E-state index contributed by atoms with van der Waals surface area (Å²) in [5.41, 5.74) is -0.633. The number of ether oxygens (including phenoxy) is 1. The van der Waals surface area contributed by atoms with Gasteiger partial charge in [-0.05, 0) is 25.1 Å². The van der Waals surface area contributed by atoms with Crippen molar-refractivity contribution in [1.29, 1.82) is 0 Å². The Kier molecular flexibility index (Phi) is 5.95. The van der Waals surface area contributed by atoms with Crippen LogP contribution in [0.4, 0.5) is 11.4 Å². The first-order chi connectivity index (χ1) is 14.7. The lowest BCUT2D eigenvalue weighted by molar-refractivity contribution is -0.385. The molecule has 1 aliphatic heterocycles. The van der Waals surface area contributed by atoms with Gasteiger partial charge in [-0.25, -0.2) is 0 Å². The summed E-state index contributed by atoms with van der Waals surface area (Å²) in [6, 6.07) is 8.72. The highest BCUT2D eigenvalue weighted by molar-refractivity contribution is 6.24. The Morgan fingerprint density at radius 3 is 2.55 bits per heavy atom. The van der Waals surface area contributed by atoms with Gasteiger partial charge in [-0.3, -0.25) is 34.2 Å². The Labute approximate surface area is 176 Å². The number of imide groups is 1. The number of anilines is 1. The van der Waals surface area contributed by atoms with Crippen LogP contribution in [0.3, 0.4) is 0 Å². The summed E-state index contributed by atoms with van der Waals surface area (Å²) in [4.78, 5) is 60.5. The molecule has 1 heterocycles. The summed E-state index contributed by atoms with van der Waals surface area (Å²) in [6.07, 6.45) is 0. The first-order valence-corrected chi connectivity index (χ1v) is 9.14. The average Bonchev–Trinajstić information content (AvgIpc) is 3.01. The second-order valence-electron chi connectivity index (χ2n) is 6.59. The third-order valence-corrected chi connectivity index (χ3v) is 4.64. The maximum atomic E-state index is 12.7. The Hall–Kier alpha value is -4.28. The molecule has 160 valence electrons. The van der Waals surface area contributed by atoms with Crippen LogP contribution >= 0.6 is 0 Å². The SMILES string of the molecule is CNC(=O)COc1cccc(NC(=O)C(C)N2C(=O)c3cccc([N+](=O)[O-])c3C2=O)c1. The van der Waals surface area contributed by atoms with Gasteiger partial charge in [-0.15, -0.1) is 0 Å². The van der Waals surface area contributed by atoms with Gasteiger partial charge in [-0.2, -0.15) is 0 Å². The molecule has 0 spiro atoms. The lowest BCUT2D eigenvalue weighted by Crippen LogP contribution is -2.45. The zero-order valence-corrected chi connectivity index (χ0v) is 16.6. The normalized spacial score (nSPS) is 13.4. The van der Waals surface area contributed by atoms with Crippen molar-refractivity contribution >= 4 is 35.0 Å². The fourth-order valence-corrected chi connectivity index (χ4v) is 3.04. The number of rotatable bonds is 7. The molecule has 1 aliphatic rings. The van der Waals surface area contributed by atoms with E-state index in [2.05, 4.69) is 10.6 Å². The number of benzene rings is 2. The zero-order chi connectivity index (χ0) is 22.7. The zero-order valence-electron chi connectivity index (χ0n) is 16.6. The Balaban J connectivity index is 1.76. The van der Waals surface area contributed by atoms with Crippen LogP contribution in [0.1, 0.15) is 27.6 Å². The molecule has 2 aromatic carbocycles. The van der Waals surface area contributed by atoms with E-state index in [1.54, 1.807) is 18.2 Å². The second kappa shape index (κ2) is 8.61. The monoisotopic (exact) mass is 426 g/mol. The van der Waals surface area contributed by atoms with Gasteiger partial charge in [0.2, 0.25) is 5.91 Å². The van der Waals surface area contributed by atoms with Crippen LogP contribution in [0, 0.1) is 10.1 Å². The maximum absolute atomic E-state index is 12.7. The third-order valence-electron chi connectivity index (χ3n) is 4.64. The minimum Gasteiger partial charge on any atom is -0.484 e. The standard InChI is InChI=1S/C20H18N4O7/c1-11(18(26)22-12-5-3-6-13(9-12)31-10-16(25)21-2)23-19(27)14-7-4-8-15(24(29)30)17(14)20(23)28/h3-9,11H,10H2,1-2H3,(H,21,25)(H,22,26). The molecule has 11 heteroatoms. The number of nitrogens with zero attached hydrogens (tertiary/aromatic N) is 2. The van der Waals surface area contributed by atoms with E-state index in [1.165, 1.54) is 32.2 Å². The highest BCUT2D eigenvalue weighted by Gasteiger charge is 2.44. The van der Waals surface area contributed by atoms with Crippen molar-refractivity contribution in [2.75, 3.05) is 19.0 Å². The van der Waals surface area contributed by atoms with Crippen molar-refractivity contribution in [2.24, 2.45) is 0 Å². The van der Waals surface area contributed by atoms with Crippen molar-refractivity contribution in [3.8, 4) is 5.75 Å². The third kappa shape index (κ3) is 4.20. The molecule has 0 aromatic heterocycles. The second-order valence-corrected chi connectivity index (χ2v) is 6.59. The van der Waals surface area contributed by atoms with E-state index in [0.29, 0.717) is 16.3 Å². The molecule has 1 atom stereocenters.